The van der Waals surface area contributed by atoms with Gasteiger partial charge in [0.1, 0.15) is 10.7 Å². The van der Waals surface area contributed by atoms with E-state index in [4.69, 9.17) is 4.74 Å². The number of carbonyl (C=O) groups excluding carboxylic acids is 2. The zero-order valence-corrected chi connectivity index (χ0v) is 17.9. The molecule has 2 aromatic heterocycles. The van der Waals surface area contributed by atoms with Crippen molar-refractivity contribution in [3.63, 3.8) is 0 Å². The summed E-state index contributed by atoms with van der Waals surface area (Å²) in [5, 5.41) is 11.0. The summed E-state index contributed by atoms with van der Waals surface area (Å²) in [5.41, 5.74) is 1.32. The molecule has 0 aromatic carbocycles. The Labute approximate surface area is 168 Å². The molecule has 0 radical (unpaired) electrons. The van der Waals surface area contributed by atoms with E-state index < -0.39 is 5.97 Å². The van der Waals surface area contributed by atoms with E-state index in [2.05, 4.69) is 43.4 Å². The minimum Gasteiger partial charge on any atom is -0.465 e. The van der Waals surface area contributed by atoms with E-state index in [1.54, 1.807) is 19.3 Å². The third kappa shape index (κ3) is 3.88. The number of hydrogen-bond acceptors (Lipinski definition) is 6. The number of hydrogen-bond donors (Lipinski definition) is 2. The second-order valence-corrected chi connectivity index (χ2v) is 8.73. The molecule has 2 N–H and O–H groups in total. The molecule has 0 atom stereocenters. The summed E-state index contributed by atoms with van der Waals surface area (Å²) >= 11 is 1.42. The monoisotopic (exact) mass is 412 g/mol. The molecule has 7 nitrogen and oxygen atoms in total. The lowest BCUT2D eigenvalue weighted by atomic mass is 9.81. The van der Waals surface area contributed by atoms with Crippen molar-refractivity contribution in [1.29, 1.82) is 0 Å². The number of aromatic nitrogens is 2. The highest BCUT2D eigenvalue weighted by atomic mass is 35.5. The maximum absolute atomic E-state index is 12.6. The molecule has 27 heavy (non-hydrogen) atoms. The molecule has 0 fully saturated rings. The number of carbonyl (C=O) groups is 2. The molecule has 0 saturated carbocycles. The fourth-order valence-electron chi connectivity index (χ4n) is 3.70. The van der Waals surface area contributed by atoms with Crippen LogP contribution in [-0.2, 0) is 23.7 Å². The minimum absolute atomic E-state index is 0. The minimum atomic E-state index is -0.434. The molecule has 1 aliphatic rings. The van der Waals surface area contributed by atoms with Gasteiger partial charge in [0.15, 0.2) is 0 Å². The summed E-state index contributed by atoms with van der Waals surface area (Å²) in [7, 11) is 3.06. The van der Waals surface area contributed by atoms with E-state index in [0.717, 1.165) is 10.4 Å². The fourth-order valence-corrected chi connectivity index (χ4v) is 4.96. The van der Waals surface area contributed by atoms with Gasteiger partial charge in [-0.25, -0.2) is 4.79 Å². The predicted molar refractivity (Wildman–Crippen MR) is 108 cm³/mol. The van der Waals surface area contributed by atoms with Gasteiger partial charge >= 0.3 is 5.97 Å². The Kier molecular flexibility index (Phi) is 5.75. The number of anilines is 1. The number of fused-ring (bicyclic) bond motifs is 1. The van der Waals surface area contributed by atoms with Crippen LogP contribution < -0.4 is 10.6 Å². The van der Waals surface area contributed by atoms with Crippen molar-refractivity contribution in [2.45, 2.75) is 45.2 Å². The van der Waals surface area contributed by atoms with Crippen LogP contribution in [0.1, 0.15) is 59.0 Å². The Morgan fingerprint density at radius 2 is 2.00 bits per heavy atom. The maximum atomic E-state index is 12.6. The van der Waals surface area contributed by atoms with E-state index in [1.165, 1.54) is 23.1 Å². The van der Waals surface area contributed by atoms with Gasteiger partial charge in [0.25, 0.3) is 5.91 Å². The van der Waals surface area contributed by atoms with Crippen LogP contribution in [0, 0.1) is 0 Å². The molecule has 0 saturated heterocycles. The number of halogens is 1. The second kappa shape index (κ2) is 7.26. The lowest BCUT2D eigenvalue weighted by Gasteiger charge is -2.42. The van der Waals surface area contributed by atoms with Crippen molar-refractivity contribution in [3.8, 4) is 0 Å². The largest absolute Gasteiger partial charge is 0.465 e. The number of rotatable bonds is 3. The van der Waals surface area contributed by atoms with Crippen molar-refractivity contribution in [3.05, 3.63) is 34.0 Å². The topological polar surface area (TPSA) is 85.2 Å². The fraction of sp³-hybridized carbons (Fsp3) is 0.500. The third-order valence-electron chi connectivity index (χ3n) is 4.51. The van der Waals surface area contributed by atoms with Crippen molar-refractivity contribution >= 4 is 40.6 Å². The first-order valence-electron chi connectivity index (χ1n) is 8.39. The smallest absolute Gasteiger partial charge is 0.341 e. The van der Waals surface area contributed by atoms with Crippen molar-refractivity contribution in [2.24, 2.45) is 7.05 Å². The van der Waals surface area contributed by atoms with E-state index in [0.29, 0.717) is 22.7 Å². The number of aryl methyl sites for hydroxylation is 1. The van der Waals surface area contributed by atoms with Crippen LogP contribution in [0.5, 0.6) is 0 Å². The number of ether oxygens (including phenoxy) is 1. The Morgan fingerprint density at radius 3 is 2.56 bits per heavy atom. The molecule has 0 aliphatic carbocycles. The van der Waals surface area contributed by atoms with Gasteiger partial charge in [-0.15, -0.1) is 23.7 Å². The highest BCUT2D eigenvalue weighted by Crippen LogP contribution is 2.45. The first-order valence-corrected chi connectivity index (χ1v) is 9.20. The molecule has 2 aromatic rings. The summed E-state index contributed by atoms with van der Waals surface area (Å²) in [6.07, 6.45) is 2.24. The SMILES string of the molecule is COC(=O)c1c(NC(=O)c2ccnn2C)sc2c1CC(C)(C)NC2(C)C.Cl. The van der Waals surface area contributed by atoms with Crippen LogP contribution in [0.2, 0.25) is 0 Å². The maximum Gasteiger partial charge on any atom is 0.341 e. The molecular formula is C18H25ClN4O3S. The molecule has 0 unspecified atom stereocenters. The van der Waals surface area contributed by atoms with Crippen LogP contribution in [0.3, 0.4) is 0 Å². The first-order chi connectivity index (χ1) is 12.1. The van der Waals surface area contributed by atoms with Crippen molar-refractivity contribution in [1.82, 2.24) is 15.1 Å². The van der Waals surface area contributed by atoms with Crippen molar-refractivity contribution in [2.75, 3.05) is 12.4 Å². The van der Waals surface area contributed by atoms with Gasteiger partial charge in [-0.1, -0.05) is 0 Å². The van der Waals surface area contributed by atoms with Gasteiger partial charge in [0.2, 0.25) is 0 Å². The van der Waals surface area contributed by atoms with E-state index >= 15 is 0 Å². The summed E-state index contributed by atoms with van der Waals surface area (Å²) in [4.78, 5) is 26.2. The van der Waals surface area contributed by atoms with Crippen LogP contribution in [0.4, 0.5) is 5.00 Å². The van der Waals surface area contributed by atoms with Gasteiger partial charge in [-0.2, -0.15) is 5.10 Å². The zero-order chi connectivity index (χ0) is 19.3. The number of nitrogens with one attached hydrogen (secondary N) is 2. The first kappa shape index (κ1) is 21.4. The summed E-state index contributed by atoms with van der Waals surface area (Å²) in [5.74, 6) is -0.741. The molecule has 148 valence electrons. The molecule has 3 rings (SSSR count). The Balaban J connectivity index is 0.00000261. The highest BCUT2D eigenvalue weighted by Gasteiger charge is 2.42. The molecule has 1 aliphatic heterocycles. The van der Waals surface area contributed by atoms with Gasteiger partial charge < -0.3 is 15.4 Å². The summed E-state index contributed by atoms with van der Waals surface area (Å²) < 4.78 is 6.51. The van der Waals surface area contributed by atoms with Crippen LogP contribution in [0.15, 0.2) is 12.3 Å². The number of methoxy groups -OCH3 is 1. The number of thiophene rings is 1. The van der Waals surface area contributed by atoms with E-state index in [1.807, 2.05) is 0 Å². The normalized spacial score (nSPS) is 16.8. The van der Waals surface area contributed by atoms with Gasteiger partial charge in [-0.3, -0.25) is 9.48 Å². The number of esters is 1. The van der Waals surface area contributed by atoms with Crippen molar-refractivity contribution < 1.29 is 14.3 Å². The lowest BCUT2D eigenvalue weighted by molar-refractivity contribution is 0.0600. The number of amides is 1. The Bertz CT molecular complexity index is 885. The standard InChI is InChI=1S/C18H24N4O3S.ClH/c1-17(2)9-10-12(16(24)25-6)15(26-13(10)18(3,4)21-17)20-14(23)11-7-8-19-22(11)5;/h7-8,21H,9H2,1-6H3,(H,20,23);1H. The molecule has 0 spiro atoms. The summed E-state index contributed by atoms with van der Waals surface area (Å²) in [6.45, 7) is 8.36. The van der Waals surface area contributed by atoms with Crippen LogP contribution >= 0.6 is 23.7 Å². The molecule has 1 amide bonds. The molecule has 3 heterocycles. The predicted octanol–water partition coefficient (Wildman–Crippen LogP) is 3.10. The average Bonchev–Trinajstić information content (AvgIpc) is 3.09. The quantitative estimate of drug-likeness (QED) is 0.756. The number of nitrogens with zero attached hydrogens (tertiary/aromatic N) is 2. The molecule has 9 heteroatoms. The average molecular weight is 413 g/mol. The highest BCUT2D eigenvalue weighted by molar-refractivity contribution is 7.17. The van der Waals surface area contributed by atoms with Gasteiger partial charge in [0.05, 0.1) is 12.7 Å². The van der Waals surface area contributed by atoms with Crippen LogP contribution in [0.25, 0.3) is 0 Å². The second-order valence-electron chi connectivity index (χ2n) is 7.71. The van der Waals surface area contributed by atoms with Gasteiger partial charge in [0, 0.05) is 29.2 Å². The van der Waals surface area contributed by atoms with Gasteiger partial charge in [-0.05, 0) is 45.7 Å². The van der Waals surface area contributed by atoms with E-state index in [-0.39, 0.29) is 29.4 Å². The molecular weight excluding hydrogens is 388 g/mol. The summed E-state index contributed by atoms with van der Waals surface area (Å²) in [6, 6.07) is 1.63. The zero-order valence-electron chi connectivity index (χ0n) is 16.3. The third-order valence-corrected chi connectivity index (χ3v) is 5.99. The Morgan fingerprint density at radius 1 is 1.33 bits per heavy atom. The van der Waals surface area contributed by atoms with Crippen LogP contribution in [-0.4, -0.2) is 34.3 Å². The molecule has 0 bridgehead atoms. The Hall–Kier alpha value is -1.90. The van der Waals surface area contributed by atoms with E-state index in [9.17, 15) is 9.59 Å². The lowest BCUT2D eigenvalue weighted by Crippen LogP contribution is -2.55.